The van der Waals surface area contributed by atoms with Crippen LogP contribution in [0.5, 0.6) is 11.5 Å². The number of ketones is 1. The summed E-state index contributed by atoms with van der Waals surface area (Å²) in [7, 11) is 1.18. The molecule has 0 aliphatic carbocycles. The highest BCUT2D eigenvalue weighted by Gasteiger charge is 2.37. The van der Waals surface area contributed by atoms with E-state index in [-0.39, 0.29) is 18.7 Å². The quantitative estimate of drug-likeness (QED) is 0.814. The van der Waals surface area contributed by atoms with E-state index in [0.717, 1.165) is 6.07 Å². The Hall–Kier alpha value is -1.76. The number of carbonyl (C=O) groups excluding carboxylic acids is 1. The molecule has 0 unspecified atom stereocenters. The number of nitrogens with two attached hydrogens (primary N) is 1. The molecule has 1 rings (SSSR count). The molecule has 0 aliphatic heterocycles. The van der Waals surface area contributed by atoms with Crippen molar-refractivity contribution < 1.29 is 27.8 Å². The number of phenolic OH excluding ortho intramolecular Hbond substituents is 1. The topological polar surface area (TPSA) is 72.5 Å². The molecule has 3 N–H and O–H groups in total. The van der Waals surface area contributed by atoms with E-state index < -0.39 is 28.8 Å². The van der Waals surface area contributed by atoms with Gasteiger partial charge in [-0.15, -0.1) is 0 Å². The van der Waals surface area contributed by atoms with E-state index in [1.165, 1.54) is 7.11 Å². The molecule has 0 aromatic heterocycles. The molecular formula is C11H12F3NO3. The van der Waals surface area contributed by atoms with Crippen molar-refractivity contribution in [2.45, 2.75) is 12.6 Å². The third-order valence-corrected chi connectivity index (χ3v) is 2.32. The summed E-state index contributed by atoms with van der Waals surface area (Å²) < 4.78 is 42.9. The lowest BCUT2D eigenvalue weighted by atomic mass is 9.99. The molecule has 7 heteroatoms. The predicted molar refractivity (Wildman–Crippen MR) is 57.7 cm³/mol. The number of halogens is 3. The second kappa shape index (κ2) is 5.26. The zero-order chi connectivity index (χ0) is 13.9. The number of benzene rings is 1. The highest BCUT2D eigenvalue weighted by atomic mass is 19.4. The van der Waals surface area contributed by atoms with E-state index >= 15 is 0 Å². The summed E-state index contributed by atoms with van der Waals surface area (Å²) in [5.41, 5.74) is 3.14. The number of Topliss-reactive ketones (excluding diaryl/α,β-unsaturated/α-hetero) is 1. The Bertz CT molecular complexity index is 458. The van der Waals surface area contributed by atoms with Crippen LogP contribution in [0.1, 0.15) is 22.3 Å². The lowest BCUT2D eigenvalue weighted by Gasteiger charge is -2.15. The Labute approximate surface area is 101 Å². The van der Waals surface area contributed by atoms with E-state index in [9.17, 15) is 23.1 Å². The molecule has 100 valence electrons. The molecule has 18 heavy (non-hydrogen) atoms. The number of aromatic hydroxyl groups is 1. The standard InChI is InChI=1S/C11H12F3NO3/c1-18-8-3-2-6(11(12,13)14)9(10(8)17)7(16)4-5-15/h2-3,17H,4-5,15H2,1H3. The maximum absolute atomic E-state index is 12.7. The molecule has 0 spiro atoms. The van der Waals surface area contributed by atoms with Gasteiger partial charge in [-0.05, 0) is 18.7 Å². The zero-order valence-electron chi connectivity index (χ0n) is 9.54. The van der Waals surface area contributed by atoms with Gasteiger partial charge in [0, 0.05) is 6.42 Å². The van der Waals surface area contributed by atoms with E-state index in [4.69, 9.17) is 5.73 Å². The second-order valence-corrected chi connectivity index (χ2v) is 3.50. The van der Waals surface area contributed by atoms with E-state index in [0.29, 0.717) is 6.07 Å². The van der Waals surface area contributed by atoms with Gasteiger partial charge in [0.25, 0.3) is 0 Å². The van der Waals surface area contributed by atoms with Gasteiger partial charge in [0.1, 0.15) is 0 Å². The average Bonchev–Trinajstić information content (AvgIpc) is 2.27. The first-order valence-electron chi connectivity index (χ1n) is 5.03. The van der Waals surface area contributed by atoms with Gasteiger partial charge in [-0.3, -0.25) is 4.79 Å². The number of phenols is 1. The fraction of sp³-hybridized carbons (Fsp3) is 0.364. The van der Waals surface area contributed by atoms with Crippen molar-refractivity contribution in [1.29, 1.82) is 0 Å². The summed E-state index contributed by atoms with van der Waals surface area (Å²) in [6.45, 7) is -0.104. The van der Waals surface area contributed by atoms with Crippen LogP contribution < -0.4 is 10.5 Å². The maximum Gasteiger partial charge on any atom is 0.417 e. The molecule has 0 aliphatic rings. The number of hydrogen-bond acceptors (Lipinski definition) is 4. The smallest absolute Gasteiger partial charge is 0.417 e. The molecule has 0 bridgehead atoms. The lowest BCUT2D eigenvalue weighted by Crippen LogP contribution is -2.16. The van der Waals surface area contributed by atoms with Crippen LogP contribution >= 0.6 is 0 Å². The van der Waals surface area contributed by atoms with Crippen LogP contribution in [-0.4, -0.2) is 24.5 Å². The molecule has 0 radical (unpaired) electrons. The summed E-state index contributed by atoms with van der Waals surface area (Å²) in [6, 6.07) is 1.65. The van der Waals surface area contributed by atoms with Gasteiger partial charge in [-0.2, -0.15) is 13.2 Å². The highest BCUT2D eigenvalue weighted by molar-refractivity contribution is 6.01. The van der Waals surface area contributed by atoms with Gasteiger partial charge in [0.05, 0.1) is 18.2 Å². The number of alkyl halides is 3. The molecule has 0 fully saturated rings. The highest BCUT2D eigenvalue weighted by Crippen LogP contribution is 2.40. The van der Waals surface area contributed by atoms with Crippen molar-refractivity contribution in [3.05, 3.63) is 23.3 Å². The Kier molecular flexibility index (Phi) is 4.18. The summed E-state index contributed by atoms with van der Waals surface area (Å²) >= 11 is 0. The maximum atomic E-state index is 12.7. The van der Waals surface area contributed by atoms with E-state index in [1.807, 2.05) is 0 Å². The van der Waals surface area contributed by atoms with Crippen molar-refractivity contribution >= 4 is 5.78 Å². The molecule has 1 aromatic rings. The minimum absolute atomic E-state index is 0.104. The lowest BCUT2D eigenvalue weighted by molar-refractivity contribution is -0.138. The summed E-state index contributed by atoms with van der Waals surface area (Å²) in [6.07, 6.45) is -5.02. The van der Waals surface area contributed by atoms with Crippen molar-refractivity contribution in [2.75, 3.05) is 13.7 Å². The zero-order valence-corrected chi connectivity index (χ0v) is 9.54. The van der Waals surface area contributed by atoms with Gasteiger partial charge < -0.3 is 15.6 Å². The van der Waals surface area contributed by atoms with E-state index in [1.54, 1.807) is 0 Å². The van der Waals surface area contributed by atoms with Crippen LogP contribution in [0.3, 0.4) is 0 Å². The van der Waals surface area contributed by atoms with Crippen molar-refractivity contribution in [3.63, 3.8) is 0 Å². The molecule has 0 atom stereocenters. The number of hydrogen-bond donors (Lipinski definition) is 2. The molecule has 0 heterocycles. The largest absolute Gasteiger partial charge is 0.504 e. The molecule has 1 aromatic carbocycles. The normalized spacial score (nSPS) is 11.4. The Morgan fingerprint density at radius 3 is 2.50 bits per heavy atom. The van der Waals surface area contributed by atoms with Crippen LogP contribution in [0.2, 0.25) is 0 Å². The number of ether oxygens (including phenoxy) is 1. The van der Waals surface area contributed by atoms with Crippen LogP contribution in [0.15, 0.2) is 12.1 Å². The predicted octanol–water partition coefficient (Wildman–Crippen LogP) is 1.95. The minimum atomic E-state index is -4.73. The fourth-order valence-corrected chi connectivity index (χ4v) is 1.51. The first kappa shape index (κ1) is 14.3. The van der Waals surface area contributed by atoms with Crippen molar-refractivity contribution in [2.24, 2.45) is 5.73 Å². The molecule has 0 saturated heterocycles. The first-order valence-corrected chi connectivity index (χ1v) is 5.03. The van der Waals surface area contributed by atoms with Crippen molar-refractivity contribution in [1.82, 2.24) is 0 Å². The Morgan fingerprint density at radius 1 is 1.44 bits per heavy atom. The first-order chi connectivity index (χ1) is 8.32. The molecule has 0 saturated carbocycles. The number of carbonyl (C=O) groups is 1. The Morgan fingerprint density at radius 2 is 2.06 bits per heavy atom. The molecular weight excluding hydrogens is 251 g/mol. The number of rotatable bonds is 4. The van der Waals surface area contributed by atoms with Crippen LogP contribution in [-0.2, 0) is 6.18 Å². The van der Waals surface area contributed by atoms with Gasteiger partial charge in [-0.1, -0.05) is 0 Å². The van der Waals surface area contributed by atoms with Gasteiger partial charge >= 0.3 is 6.18 Å². The van der Waals surface area contributed by atoms with E-state index in [2.05, 4.69) is 4.74 Å². The van der Waals surface area contributed by atoms with Gasteiger partial charge in [0.15, 0.2) is 17.3 Å². The summed E-state index contributed by atoms with van der Waals surface area (Å²) in [5, 5.41) is 9.64. The summed E-state index contributed by atoms with van der Waals surface area (Å²) in [4.78, 5) is 11.6. The fourth-order valence-electron chi connectivity index (χ4n) is 1.51. The monoisotopic (exact) mass is 263 g/mol. The van der Waals surface area contributed by atoms with Crippen molar-refractivity contribution in [3.8, 4) is 11.5 Å². The van der Waals surface area contributed by atoms with Crippen LogP contribution in [0, 0.1) is 0 Å². The summed E-state index contributed by atoms with van der Waals surface area (Å²) in [5.74, 6) is -1.88. The van der Waals surface area contributed by atoms with Gasteiger partial charge in [-0.25, -0.2) is 0 Å². The minimum Gasteiger partial charge on any atom is -0.504 e. The third kappa shape index (κ3) is 2.73. The second-order valence-electron chi connectivity index (χ2n) is 3.50. The van der Waals surface area contributed by atoms with Crippen LogP contribution in [0.25, 0.3) is 0 Å². The van der Waals surface area contributed by atoms with Crippen LogP contribution in [0.4, 0.5) is 13.2 Å². The average molecular weight is 263 g/mol. The molecule has 0 amide bonds. The van der Waals surface area contributed by atoms with Gasteiger partial charge in [0.2, 0.25) is 0 Å². The molecule has 4 nitrogen and oxygen atoms in total. The third-order valence-electron chi connectivity index (χ3n) is 2.32. The number of methoxy groups -OCH3 is 1. The Balaban J connectivity index is 3.45. The SMILES string of the molecule is COc1ccc(C(F)(F)F)c(C(=O)CCN)c1O.